The zero-order valence-corrected chi connectivity index (χ0v) is 13.5. The van der Waals surface area contributed by atoms with Gasteiger partial charge in [-0.25, -0.2) is 9.97 Å². The molecule has 0 saturated carbocycles. The zero-order chi connectivity index (χ0) is 16.5. The van der Waals surface area contributed by atoms with Crippen molar-refractivity contribution in [2.24, 2.45) is 0 Å². The van der Waals surface area contributed by atoms with Gasteiger partial charge in [0.15, 0.2) is 0 Å². The number of benzene rings is 1. The van der Waals surface area contributed by atoms with Crippen molar-refractivity contribution in [2.75, 3.05) is 13.2 Å². The van der Waals surface area contributed by atoms with Crippen molar-refractivity contribution >= 4 is 21.8 Å². The van der Waals surface area contributed by atoms with Crippen LogP contribution in [-0.2, 0) is 13.2 Å². The summed E-state index contributed by atoms with van der Waals surface area (Å²) < 4.78 is 0. The van der Waals surface area contributed by atoms with Crippen molar-refractivity contribution in [1.82, 2.24) is 14.9 Å². The molecule has 124 valence electrons. The molecule has 1 saturated heterocycles. The first-order valence-electron chi connectivity index (χ1n) is 8.42. The van der Waals surface area contributed by atoms with Crippen LogP contribution in [0, 0.1) is 0 Å². The van der Waals surface area contributed by atoms with Gasteiger partial charge in [0.1, 0.15) is 0 Å². The average Bonchev–Trinajstić information content (AvgIpc) is 3.08. The van der Waals surface area contributed by atoms with Crippen LogP contribution in [0.15, 0.2) is 36.4 Å². The predicted octanol–water partition coefficient (Wildman–Crippen LogP) is 2.23. The van der Waals surface area contributed by atoms with Crippen molar-refractivity contribution in [3.05, 3.63) is 47.8 Å². The second-order valence-electron chi connectivity index (χ2n) is 6.42. The van der Waals surface area contributed by atoms with Gasteiger partial charge in [-0.15, -0.1) is 0 Å². The van der Waals surface area contributed by atoms with E-state index in [-0.39, 0.29) is 19.3 Å². The molecule has 1 fully saturated rings. The Labute approximate surface area is 140 Å². The van der Waals surface area contributed by atoms with Gasteiger partial charge in [-0.2, -0.15) is 0 Å². The normalized spacial score (nSPS) is 18.7. The van der Waals surface area contributed by atoms with Crippen molar-refractivity contribution in [1.29, 1.82) is 0 Å². The number of hydrogen-bond donors (Lipinski definition) is 2. The van der Waals surface area contributed by atoms with Gasteiger partial charge in [-0.1, -0.05) is 24.3 Å². The molecule has 0 spiro atoms. The maximum Gasteiger partial charge on any atom is 0.0969 e. The summed E-state index contributed by atoms with van der Waals surface area (Å²) in [5.74, 6) is 0. The molecule has 1 aliphatic heterocycles. The van der Waals surface area contributed by atoms with E-state index < -0.39 is 0 Å². The molecule has 2 aromatic heterocycles. The summed E-state index contributed by atoms with van der Waals surface area (Å²) in [5, 5.41) is 20.9. The van der Waals surface area contributed by atoms with Crippen LogP contribution < -0.4 is 0 Å². The van der Waals surface area contributed by atoms with Crippen molar-refractivity contribution in [2.45, 2.75) is 32.0 Å². The summed E-state index contributed by atoms with van der Waals surface area (Å²) in [7, 11) is 0. The van der Waals surface area contributed by atoms with E-state index in [1.807, 2.05) is 18.2 Å². The lowest BCUT2D eigenvalue weighted by Gasteiger charge is -2.22. The van der Waals surface area contributed by atoms with Gasteiger partial charge >= 0.3 is 0 Å². The van der Waals surface area contributed by atoms with E-state index >= 15 is 0 Å². The SMILES string of the molecule is OCc1ccc2ccc3ccc(CN4CCC[C@H]4CO)nc3c2n1. The Morgan fingerprint density at radius 3 is 2.21 bits per heavy atom. The van der Waals surface area contributed by atoms with Crippen molar-refractivity contribution in [3.63, 3.8) is 0 Å². The third-order valence-corrected chi connectivity index (χ3v) is 4.87. The maximum atomic E-state index is 9.49. The number of likely N-dealkylation sites (tertiary alicyclic amines) is 1. The van der Waals surface area contributed by atoms with Crippen LogP contribution in [-0.4, -0.2) is 44.3 Å². The highest BCUT2D eigenvalue weighted by atomic mass is 16.3. The van der Waals surface area contributed by atoms with Gasteiger partial charge in [-0.05, 0) is 31.5 Å². The maximum absolute atomic E-state index is 9.49. The fourth-order valence-electron chi connectivity index (χ4n) is 3.54. The topological polar surface area (TPSA) is 69.5 Å². The van der Waals surface area contributed by atoms with E-state index in [4.69, 9.17) is 4.98 Å². The summed E-state index contributed by atoms with van der Waals surface area (Å²) in [5.41, 5.74) is 3.36. The number of aliphatic hydroxyl groups is 2. The highest BCUT2D eigenvalue weighted by Crippen LogP contribution is 2.25. The quantitative estimate of drug-likeness (QED) is 0.721. The molecule has 0 amide bonds. The Morgan fingerprint density at radius 1 is 0.917 bits per heavy atom. The predicted molar refractivity (Wildman–Crippen MR) is 93.5 cm³/mol. The molecular formula is C19H21N3O2. The smallest absolute Gasteiger partial charge is 0.0969 e. The van der Waals surface area contributed by atoms with Crippen LogP contribution in [0.5, 0.6) is 0 Å². The lowest BCUT2D eigenvalue weighted by Crippen LogP contribution is -2.31. The number of hydrogen-bond acceptors (Lipinski definition) is 5. The second kappa shape index (κ2) is 6.43. The van der Waals surface area contributed by atoms with Crippen LogP contribution in [0.25, 0.3) is 21.8 Å². The Bertz CT molecular complexity index is 881. The molecule has 3 aromatic rings. The largest absolute Gasteiger partial charge is 0.395 e. The lowest BCUT2D eigenvalue weighted by molar-refractivity contribution is 0.152. The van der Waals surface area contributed by atoms with Crippen LogP contribution in [0.2, 0.25) is 0 Å². The van der Waals surface area contributed by atoms with Crippen LogP contribution in [0.1, 0.15) is 24.2 Å². The average molecular weight is 323 g/mol. The van der Waals surface area contributed by atoms with Gasteiger partial charge in [-0.3, -0.25) is 4.90 Å². The second-order valence-corrected chi connectivity index (χ2v) is 6.42. The van der Waals surface area contributed by atoms with Crippen LogP contribution in [0.4, 0.5) is 0 Å². The number of aliphatic hydroxyl groups excluding tert-OH is 2. The molecule has 1 atom stereocenters. The fraction of sp³-hybridized carbons (Fsp3) is 0.368. The zero-order valence-electron chi connectivity index (χ0n) is 13.5. The molecule has 0 unspecified atom stereocenters. The molecule has 5 heteroatoms. The number of aromatic nitrogens is 2. The fourth-order valence-corrected chi connectivity index (χ4v) is 3.54. The summed E-state index contributed by atoms with van der Waals surface area (Å²) in [6, 6.07) is 12.3. The molecule has 0 radical (unpaired) electrons. The third-order valence-electron chi connectivity index (χ3n) is 4.87. The number of rotatable bonds is 4. The van der Waals surface area contributed by atoms with Gasteiger partial charge in [0.05, 0.1) is 35.6 Å². The minimum absolute atomic E-state index is 0.0715. The first-order valence-corrected chi connectivity index (χ1v) is 8.42. The van der Waals surface area contributed by atoms with E-state index in [1.165, 1.54) is 0 Å². The Morgan fingerprint density at radius 2 is 1.54 bits per heavy atom. The Balaban J connectivity index is 1.76. The molecule has 24 heavy (non-hydrogen) atoms. The van der Waals surface area contributed by atoms with E-state index in [0.29, 0.717) is 5.69 Å². The minimum Gasteiger partial charge on any atom is -0.395 e. The first kappa shape index (κ1) is 15.4. The molecule has 1 aliphatic rings. The Hall–Kier alpha value is -2.08. The summed E-state index contributed by atoms with van der Waals surface area (Å²) in [6.45, 7) is 1.89. The third kappa shape index (κ3) is 2.75. The van der Waals surface area contributed by atoms with E-state index in [1.54, 1.807) is 0 Å². The van der Waals surface area contributed by atoms with Crippen molar-refractivity contribution in [3.8, 4) is 0 Å². The summed E-state index contributed by atoms with van der Waals surface area (Å²) >= 11 is 0. The van der Waals surface area contributed by atoms with E-state index in [2.05, 4.69) is 28.1 Å². The highest BCUT2D eigenvalue weighted by Gasteiger charge is 2.24. The molecule has 0 aliphatic carbocycles. The number of pyridine rings is 2. The molecule has 5 nitrogen and oxygen atoms in total. The van der Waals surface area contributed by atoms with Gasteiger partial charge in [0.2, 0.25) is 0 Å². The highest BCUT2D eigenvalue weighted by molar-refractivity contribution is 6.02. The summed E-state index contributed by atoms with van der Waals surface area (Å²) in [6.07, 6.45) is 2.18. The van der Waals surface area contributed by atoms with E-state index in [0.717, 1.165) is 53.4 Å². The van der Waals surface area contributed by atoms with Crippen LogP contribution in [0.3, 0.4) is 0 Å². The molecule has 0 bridgehead atoms. The van der Waals surface area contributed by atoms with Gasteiger partial charge in [0.25, 0.3) is 0 Å². The monoisotopic (exact) mass is 323 g/mol. The van der Waals surface area contributed by atoms with Crippen molar-refractivity contribution < 1.29 is 10.2 Å². The van der Waals surface area contributed by atoms with Crippen LogP contribution >= 0.6 is 0 Å². The number of nitrogens with zero attached hydrogens (tertiary/aromatic N) is 3. The molecule has 3 heterocycles. The first-order chi connectivity index (χ1) is 11.8. The number of fused-ring (bicyclic) bond motifs is 3. The van der Waals surface area contributed by atoms with Gasteiger partial charge in [0, 0.05) is 23.4 Å². The Kier molecular flexibility index (Phi) is 4.14. The van der Waals surface area contributed by atoms with E-state index in [9.17, 15) is 10.2 Å². The lowest BCUT2D eigenvalue weighted by atomic mass is 10.1. The summed E-state index contributed by atoms with van der Waals surface area (Å²) in [4.78, 5) is 11.7. The molecule has 1 aromatic carbocycles. The van der Waals surface area contributed by atoms with Gasteiger partial charge < -0.3 is 10.2 Å². The molecule has 2 N–H and O–H groups in total. The minimum atomic E-state index is -0.0715. The molecule has 4 rings (SSSR count). The molecular weight excluding hydrogens is 302 g/mol. The standard InChI is InChI=1S/C19H21N3O2/c23-11-16-8-6-14-4-3-13-5-7-15(20-18(13)19(14)21-16)10-22-9-1-2-17(22)12-24/h3-8,17,23-24H,1-2,9-12H2/t17-/m0/s1.